The zero-order valence-electron chi connectivity index (χ0n) is 14.9. The molecule has 2 N–H and O–H groups in total. The predicted octanol–water partition coefficient (Wildman–Crippen LogP) is 3.89. The van der Waals surface area contributed by atoms with Crippen LogP contribution in [0.1, 0.15) is 26.3 Å². The van der Waals surface area contributed by atoms with Crippen LogP contribution in [0.15, 0.2) is 40.8 Å². The van der Waals surface area contributed by atoms with Gasteiger partial charge in [-0.1, -0.05) is 29.0 Å². The fraction of sp³-hybridized carbons (Fsp3) is 0.222. The molecule has 0 aliphatic heterocycles. The van der Waals surface area contributed by atoms with Crippen molar-refractivity contribution >= 4 is 52.2 Å². The summed E-state index contributed by atoms with van der Waals surface area (Å²) in [6.45, 7) is 2.21. The largest absolute Gasteiger partial charge is 0.465 e. The van der Waals surface area contributed by atoms with Gasteiger partial charge in [0, 0.05) is 16.5 Å². The number of carbonyl (C=O) groups excluding carboxylic acids is 2. The Labute approximate surface area is 174 Å². The first-order chi connectivity index (χ1) is 13.5. The van der Waals surface area contributed by atoms with E-state index in [2.05, 4.69) is 20.8 Å². The molecule has 146 valence electrons. The predicted molar refractivity (Wildman–Crippen MR) is 111 cm³/mol. The summed E-state index contributed by atoms with van der Waals surface area (Å²) in [6.07, 6.45) is 0. The molecule has 7 nitrogen and oxygen atoms in total. The highest BCUT2D eigenvalue weighted by Crippen LogP contribution is 2.19. The Kier molecular flexibility index (Phi) is 7.07. The smallest absolute Gasteiger partial charge is 0.286 e. The van der Waals surface area contributed by atoms with Crippen molar-refractivity contribution in [2.24, 2.45) is 0 Å². The number of nitrogens with zero attached hydrogens (tertiary/aromatic N) is 2. The van der Waals surface area contributed by atoms with Crippen molar-refractivity contribution in [3.05, 3.63) is 63.0 Å². The van der Waals surface area contributed by atoms with Crippen LogP contribution < -0.4 is 10.6 Å². The van der Waals surface area contributed by atoms with Crippen LogP contribution in [-0.4, -0.2) is 27.8 Å². The average Bonchev–Trinajstić information content (AvgIpc) is 3.29. The highest BCUT2D eigenvalue weighted by atomic mass is 35.5. The Balaban J connectivity index is 1.41. The van der Waals surface area contributed by atoms with E-state index in [1.807, 2.05) is 19.1 Å². The lowest BCUT2D eigenvalue weighted by molar-refractivity contribution is -0.118. The van der Waals surface area contributed by atoms with Crippen molar-refractivity contribution in [1.29, 1.82) is 0 Å². The van der Waals surface area contributed by atoms with Crippen molar-refractivity contribution in [2.45, 2.75) is 19.2 Å². The maximum Gasteiger partial charge on any atom is 0.286 e. The zero-order chi connectivity index (χ0) is 19.9. The maximum atomic E-state index is 12.2. The van der Waals surface area contributed by atoms with Crippen LogP contribution in [0.4, 0.5) is 5.69 Å². The molecule has 0 fully saturated rings. The van der Waals surface area contributed by atoms with Gasteiger partial charge in [-0.2, -0.15) is 0 Å². The molecule has 0 aliphatic rings. The number of rotatable bonds is 8. The minimum absolute atomic E-state index is 0.0949. The van der Waals surface area contributed by atoms with Crippen LogP contribution in [0, 0.1) is 6.92 Å². The van der Waals surface area contributed by atoms with Gasteiger partial charge in [0.1, 0.15) is 16.5 Å². The molecule has 2 aromatic heterocycles. The van der Waals surface area contributed by atoms with Gasteiger partial charge in [0.15, 0.2) is 0 Å². The van der Waals surface area contributed by atoms with Gasteiger partial charge in [0.05, 0.1) is 12.3 Å². The molecule has 28 heavy (non-hydrogen) atoms. The first kappa shape index (κ1) is 20.4. The van der Waals surface area contributed by atoms with Gasteiger partial charge in [-0.15, -0.1) is 22.0 Å². The second kappa shape index (κ2) is 9.72. The molecule has 10 heteroatoms. The highest BCUT2D eigenvalue weighted by Gasteiger charge is 2.14. The summed E-state index contributed by atoms with van der Waals surface area (Å²) in [5.41, 5.74) is 0.590. The first-order valence-electron chi connectivity index (χ1n) is 8.28. The maximum absolute atomic E-state index is 12.2. The fourth-order valence-electron chi connectivity index (χ4n) is 2.20. The second-order valence-electron chi connectivity index (χ2n) is 5.75. The number of anilines is 1. The third kappa shape index (κ3) is 6.08. The minimum Gasteiger partial charge on any atom is -0.465 e. The number of furan rings is 1. The van der Waals surface area contributed by atoms with E-state index in [-0.39, 0.29) is 22.6 Å². The van der Waals surface area contributed by atoms with Crippen molar-refractivity contribution in [3.63, 3.8) is 0 Å². The van der Waals surface area contributed by atoms with Gasteiger partial charge >= 0.3 is 0 Å². The summed E-state index contributed by atoms with van der Waals surface area (Å²) in [4.78, 5) is 24.1. The summed E-state index contributed by atoms with van der Waals surface area (Å²) in [5, 5.41) is 14.9. The number of amides is 2. The van der Waals surface area contributed by atoms with Crippen LogP contribution in [0.5, 0.6) is 0 Å². The van der Waals surface area contributed by atoms with Gasteiger partial charge in [0.25, 0.3) is 5.91 Å². The summed E-state index contributed by atoms with van der Waals surface area (Å²) >= 11 is 8.50. The summed E-state index contributed by atoms with van der Waals surface area (Å²) in [7, 11) is 0. The third-order valence-corrected chi connectivity index (χ3v) is 5.74. The van der Waals surface area contributed by atoms with Crippen molar-refractivity contribution in [2.75, 3.05) is 11.1 Å². The zero-order valence-corrected chi connectivity index (χ0v) is 17.3. The monoisotopic (exact) mass is 436 g/mol. The molecule has 0 saturated heterocycles. The molecule has 1 aromatic carbocycles. The molecule has 0 spiro atoms. The number of aryl methyl sites for hydroxylation is 1. The SMILES string of the molecule is Cc1ccc(CNC(=O)CSCc2nnc(C(=O)Nc3cccc(Cl)c3)s2)o1. The number of nitrogens with one attached hydrogen (secondary N) is 2. The van der Waals surface area contributed by atoms with Crippen LogP contribution in [-0.2, 0) is 17.1 Å². The lowest BCUT2D eigenvalue weighted by Gasteiger charge is -2.02. The molecular formula is C18H17ClN4O3S2. The normalized spacial score (nSPS) is 10.6. The van der Waals surface area contributed by atoms with Crippen LogP contribution >= 0.6 is 34.7 Å². The Morgan fingerprint density at radius 3 is 2.86 bits per heavy atom. The van der Waals surface area contributed by atoms with Crippen LogP contribution in [0.3, 0.4) is 0 Å². The van der Waals surface area contributed by atoms with E-state index in [0.29, 0.717) is 28.0 Å². The van der Waals surface area contributed by atoms with Crippen molar-refractivity contribution in [3.8, 4) is 0 Å². The van der Waals surface area contributed by atoms with Crippen LogP contribution in [0.2, 0.25) is 5.02 Å². The summed E-state index contributed by atoms with van der Waals surface area (Å²) < 4.78 is 5.40. The number of hydrogen-bond acceptors (Lipinski definition) is 7. The Bertz CT molecular complexity index is 973. The molecule has 0 aliphatic carbocycles. The van der Waals surface area contributed by atoms with Gasteiger partial charge in [-0.3, -0.25) is 9.59 Å². The Morgan fingerprint density at radius 2 is 2.11 bits per heavy atom. The number of thioether (sulfide) groups is 1. The van der Waals surface area contributed by atoms with E-state index in [9.17, 15) is 9.59 Å². The summed E-state index contributed by atoms with van der Waals surface area (Å²) in [5.74, 6) is 1.86. The van der Waals surface area contributed by atoms with Gasteiger partial charge in [-0.25, -0.2) is 0 Å². The third-order valence-electron chi connectivity index (χ3n) is 3.46. The molecule has 0 radical (unpaired) electrons. The van der Waals surface area contributed by atoms with E-state index < -0.39 is 0 Å². The summed E-state index contributed by atoms with van der Waals surface area (Å²) in [6, 6.07) is 10.6. The lowest BCUT2D eigenvalue weighted by Crippen LogP contribution is -2.24. The van der Waals surface area contributed by atoms with Crippen molar-refractivity contribution in [1.82, 2.24) is 15.5 Å². The lowest BCUT2D eigenvalue weighted by atomic mass is 10.3. The van der Waals surface area contributed by atoms with Gasteiger partial charge in [-0.05, 0) is 37.3 Å². The van der Waals surface area contributed by atoms with E-state index >= 15 is 0 Å². The molecule has 0 bridgehead atoms. The second-order valence-corrected chi connectivity index (χ2v) is 8.23. The molecule has 0 atom stereocenters. The van der Waals surface area contributed by atoms with E-state index in [1.165, 1.54) is 23.1 Å². The molecule has 3 rings (SSSR count). The van der Waals surface area contributed by atoms with E-state index in [0.717, 1.165) is 11.5 Å². The van der Waals surface area contributed by atoms with Gasteiger partial charge < -0.3 is 15.1 Å². The molecule has 0 unspecified atom stereocenters. The van der Waals surface area contributed by atoms with E-state index in [1.54, 1.807) is 24.3 Å². The standard InChI is InChI=1S/C18H17ClN4O3S2/c1-11-5-6-14(26-11)8-20-15(24)9-27-10-16-22-23-18(28-16)17(25)21-13-4-2-3-12(19)7-13/h2-7H,8-10H2,1H3,(H,20,24)(H,21,25). The highest BCUT2D eigenvalue weighted by molar-refractivity contribution is 7.99. The Hall–Kier alpha value is -2.36. The fourth-order valence-corrected chi connectivity index (χ4v) is 4.03. The topological polar surface area (TPSA) is 97.1 Å². The number of aromatic nitrogens is 2. The number of carbonyl (C=O) groups is 2. The first-order valence-corrected chi connectivity index (χ1v) is 10.6. The number of benzene rings is 1. The minimum atomic E-state index is -0.345. The molecule has 2 amide bonds. The molecule has 3 aromatic rings. The molecule has 2 heterocycles. The van der Waals surface area contributed by atoms with Crippen molar-refractivity contribution < 1.29 is 14.0 Å². The Morgan fingerprint density at radius 1 is 1.25 bits per heavy atom. The quantitative estimate of drug-likeness (QED) is 0.556. The number of hydrogen-bond donors (Lipinski definition) is 2. The molecule has 0 saturated carbocycles. The van der Waals surface area contributed by atoms with Gasteiger partial charge in [0.2, 0.25) is 10.9 Å². The average molecular weight is 437 g/mol. The van der Waals surface area contributed by atoms with Crippen LogP contribution in [0.25, 0.3) is 0 Å². The molecular weight excluding hydrogens is 420 g/mol. The van der Waals surface area contributed by atoms with E-state index in [4.69, 9.17) is 16.0 Å². The number of halogens is 1.